The number of unbranched alkanes of at least 4 members (excludes halogenated alkanes) is 6. The topological polar surface area (TPSA) is 257 Å². The van der Waals surface area contributed by atoms with E-state index < -0.39 is 29.9 Å². The van der Waals surface area contributed by atoms with E-state index in [0.717, 1.165) is 62.3 Å². The first-order valence-corrected chi connectivity index (χ1v) is 20.0. The third-order valence-electron chi connectivity index (χ3n) is 10.2. The molecule has 2 aliphatic heterocycles. The number of nitrogens with one attached hydrogen (secondary N) is 2. The highest BCUT2D eigenvalue weighted by molar-refractivity contribution is 6.00. The highest BCUT2D eigenvalue weighted by atomic mass is 16.4. The van der Waals surface area contributed by atoms with Gasteiger partial charge < -0.3 is 30.2 Å². The zero-order chi connectivity index (χ0) is 42.9. The van der Waals surface area contributed by atoms with Crippen molar-refractivity contribution >= 4 is 62.6 Å². The van der Waals surface area contributed by atoms with Gasteiger partial charge in [-0.25, -0.2) is 0 Å². The number of aromatic nitrogens is 2. The smallest absolute Gasteiger partial charge is 0.303 e. The number of carbonyl (C=O) groups excluding carboxylic acids is 5. The normalized spacial score (nSPS) is 16.4. The van der Waals surface area contributed by atoms with Crippen molar-refractivity contribution in [3.05, 3.63) is 87.2 Å². The quantitative estimate of drug-likeness (QED) is 0.0539. The number of nitrogens with two attached hydrogens (primary N) is 1. The van der Waals surface area contributed by atoms with Crippen LogP contribution in [0.15, 0.2) is 70.5 Å². The number of carboxylic acids is 1. The number of aliphatic hydroxyl groups is 2. The van der Waals surface area contributed by atoms with E-state index in [2.05, 4.69) is 10.6 Å². The number of hydrogen-bond donors (Lipinski definition) is 6. The summed E-state index contributed by atoms with van der Waals surface area (Å²) in [5, 5.41) is 32.2. The molecule has 2 unspecified atom stereocenters. The molecule has 2 aliphatic rings. The summed E-state index contributed by atoms with van der Waals surface area (Å²) in [7, 11) is 0. The molecule has 0 radical (unpaired) electrons. The van der Waals surface area contributed by atoms with Crippen molar-refractivity contribution in [1.29, 1.82) is 0 Å². The number of carbonyl (C=O) groups is 6. The predicted octanol–water partition coefficient (Wildman–Crippen LogP) is 3.61. The van der Waals surface area contributed by atoms with E-state index in [1.165, 1.54) is 9.13 Å². The van der Waals surface area contributed by atoms with E-state index in [9.17, 15) is 38.4 Å². The minimum Gasteiger partial charge on any atom is -0.481 e. The molecule has 16 nitrogen and oxygen atoms in total. The molecule has 7 N–H and O–H groups in total. The number of rotatable bonds is 16. The SMILES string of the molecule is Nc1cccc2c(=O)n(C3CCC(=O)NC3=O)ccc12.O=C(CCCCCCO)Cc1cccc2c(=O)n(C3CCC(=O)NC3=O)ccc12.O=C(O)CCCCCCO. The number of aliphatic carboxylic acids is 1. The van der Waals surface area contributed by atoms with Crippen LogP contribution in [-0.2, 0) is 35.2 Å². The second-order valence-corrected chi connectivity index (χ2v) is 14.6. The van der Waals surface area contributed by atoms with E-state index in [1.54, 1.807) is 54.9 Å². The summed E-state index contributed by atoms with van der Waals surface area (Å²) in [6.45, 7) is 0.396. The van der Waals surface area contributed by atoms with Gasteiger partial charge in [0, 0.05) is 79.6 Å². The number of Topliss-reactive ketones (excluding diaryl/α,β-unsaturated/α-hetero) is 1. The van der Waals surface area contributed by atoms with E-state index in [4.69, 9.17) is 21.1 Å². The molecule has 0 spiro atoms. The number of hydrogen-bond acceptors (Lipinski definition) is 11. The van der Waals surface area contributed by atoms with Gasteiger partial charge in [0.15, 0.2) is 0 Å². The molecular formula is C43H53N5O11. The Balaban J connectivity index is 0.000000221. The maximum absolute atomic E-state index is 13.0. The lowest BCUT2D eigenvalue weighted by molar-refractivity contribution is -0.138. The molecule has 316 valence electrons. The Hall–Kier alpha value is -6.00. The molecule has 0 saturated carbocycles. The van der Waals surface area contributed by atoms with Gasteiger partial charge in [-0.3, -0.25) is 49.0 Å². The fourth-order valence-corrected chi connectivity index (χ4v) is 7.05. The molecule has 6 rings (SSSR count). The Morgan fingerprint density at radius 3 is 1.59 bits per heavy atom. The number of piperidine rings is 2. The number of imide groups is 2. The lowest BCUT2D eigenvalue weighted by atomic mass is 9.98. The Labute approximate surface area is 340 Å². The fraction of sp³-hybridized carbons (Fsp3) is 0.442. The Morgan fingerprint density at radius 1 is 0.610 bits per heavy atom. The van der Waals surface area contributed by atoms with Crippen LogP contribution in [0.25, 0.3) is 21.5 Å². The molecule has 4 heterocycles. The van der Waals surface area contributed by atoms with Crippen molar-refractivity contribution in [3.8, 4) is 0 Å². The monoisotopic (exact) mass is 815 g/mol. The second-order valence-electron chi connectivity index (χ2n) is 14.6. The van der Waals surface area contributed by atoms with Crippen LogP contribution in [0.4, 0.5) is 5.69 Å². The van der Waals surface area contributed by atoms with Gasteiger partial charge in [0.25, 0.3) is 11.1 Å². The second kappa shape index (κ2) is 22.8. The van der Waals surface area contributed by atoms with Gasteiger partial charge in [0.2, 0.25) is 23.6 Å². The molecule has 4 aromatic rings. The maximum atomic E-state index is 13.0. The Morgan fingerprint density at radius 2 is 1.08 bits per heavy atom. The van der Waals surface area contributed by atoms with Crippen LogP contribution < -0.4 is 27.5 Å². The number of aliphatic hydroxyl groups excluding tert-OH is 2. The molecule has 2 fully saturated rings. The average Bonchev–Trinajstić information content (AvgIpc) is 3.20. The average molecular weight is 816 g/mol. The highest BCUT2D eigenvalue weighted by Crippen LogP contribution is 2.23. The molecule has 59 heavy (non-hydrogen) atoms. The zero-order valence-corrected chi connectivity index (χ0v) is 33.0. The first-order chi connectivity index (χ1) is 28.4. The summed E-state index contributed by atoms with van der Waals surface area (Å²) in [4.78, 5) is 94.2. The van der Waals surface area contributed by atoms with Crippen molar-refractivity contribution in [2.24, 2.45) is 0 Å². The predicted molar refractivity (Wildman–Crippen MR) is 220 cm³/mol. The lowest BCUT2D eigenvalue weighted by Crippen LogP contribution is -2.44. The molecular weight excluding hydrogens is 762 g/mol. The molecule has 2 saturated heterocycles. The first-order valence-electron chi connectivity index (χ1n) is 20.0. The Kier molecular flexibility index (Phi) is 17.7. The molecule has 2 atom stereocenters. The summed E-state index contributed by atoms with van der Waals surface area (Å²) >= 11 is 0. The molecule has 4 amide bonds. The summed E-state index contributed by atoms with van der Waals surface area (Å²) in [5.41, 5.74) is 6.58. The van der Waals surface area contributed by atoms with Crippen LogP contribution in [0.1, 0.15) is 108 Å². The number of ketones is 1. The van der Waals surface area contributed by atoms with Gasteiger partial charge in [-0.05, 0) is 79.8 Å². The van der Waals surface area contributed by atoms with Crippen LogP contribution in [0.5, 0.6) is 0 Å². The zero-order valence-electron chi connectivity index (χ0n) is 33.0. The standard InChI is InChI=1S/C22H26N2O5.C14H13N3O3.C7H14O3/c25-13-4-2-1-3-7-16(26)14-15-6-5-8-18-17(15)11-12-24(22(18)29)19-9-10-20(27)23-21(19)28;15-10-3-1-2-9-8(10)6-7-17(14(9)20)11-4-5-12(18)16-13(11)19;8-6-4-2-1-3-5-7(9)10/h5-6,8,11-12,19,25H,1-4,7,9-10,13-14H2,(H,23,27,28);1-3,6-7,11H,4-5,15H2,(H,16,18,19);8H,1-6H2,(H,9,10). The van der Waals surface area contributed by atoms with Crippen LogP contribution >= 0.6 is 0 Å². The first kappa shape index (κ1) is 45.7. The van der Waals surface area contributed by atoms with E-state index >= 15 is 0 Å². The van der Waals surface area contributed by atoms with Crippen molar-refractivity contribution in [2.45, 2.75) is 108 Å². The molecule has 0 bridgehead atoms. The number of nitrogens with zero attached hydrogens (tertiary/aromatic N) is 2. The van der Waals surface area contributed by atoms with Gasteiger partial charge in [-0.1, -0.05) is 43.9 Å². The maximum Gasteiger partial charge on any atom is 0.303 e. The largest absolute Gasteiger partial charge is 0.481 e. The van der Waals surface area contributed by atoms with Gasteiger partial charge in [-0.2, -0.15) is 0 Å². The molecule has 2 aromatic carbocycles. The third kappa shape index (κ3) is 13.0. The number of anilines is 1. The molecule has 0 aliphatic carbocycles. The molecule has 16 heteroatoms. The summed E-state index contributed by atoms with van der Waals surface area (Å²) < 4.78 is 2.74. The number of nitrogen functional groups attached to an aromatic ring is 1. The highest BCUT2D eigenvalue weighted by Gasteiger charge is 2.30. The van der Waals surface area contributed by atoms with Crippen LogP contribution in [0.2, 0.25) is 0 Å². The number of carboxylic acid groups (broad SMARTS) is 1. The van der Waals surface area contributed by atoms with Crippen LogP contribution in [-0.4, -0.2) is 73.0 Å². The van der Waals surface area contributed by atoms with E-state index in [0.29, 0.717) is 41.1 Å². The van der Waals surface area contributed by atoms with Crippen molar-refractivity contribution < 1.29 is 44.1 Å². The fourth-order valence-electron chi connectivity index (χ4n) is 7.05. The number of amides is 4. The summed E-state index contributed by atoms with van der Waals surface area (Å²) in [6.07, 6.45) is 12.0. The van der Waals surface area contributed by atoms with E-state index in [1.807, 2.05) is 6.07 Å². The summed E-state index contributed by atoms with van der Waals surface area (Å²) in [6, 6.07) is 12.5. The number of benzene rings is 2. The number of pyridine rings is 2. The van der Waals surface area contributed by atoms with Gasteiger partial charge in [-0.15, -0.1) is 0 Å². The van der Waals surface area contributed by atoms with Crippen LogP contribution in [0, 0.1) is 0 Å². The molecule has 2 aromatic heterocycles. The minimum atomic E-state index is -0.732. The van der Waals surface area contributed by atoms with Crippen molar-refractivity contribution in [1.82, 2.24) is 19.8 Å². The van der Waals surface area contributed by atoms with E-state index in [-0.39, 0.29) is 67.6 Å². The van der Waals surface area contributed by atoms with Gasteiger partial charge in [0.05, 0.1) is 0 Å². The Bertz CT molecular complexity index is 2260. The third-order valence-corrected chi connectivity index (χ3v) is 10.2. The minimum absolute atomic E-state index is 0.121. The van der Waals surface area contributed by atoms with Gasteiger partial charge >= 0.3 is 5.97 Å². The van der Waals surface area contributed by atoms with Gasteiger partial charge in [0.1, 0.15) is 17.9 Å². The number of fused-ring (bicyclic) bond motifs is 2. The van der Waals surface area contributed by atoms with Crippen LogP contribution in [0.3, 0.4) is 0 Å². The van der Waals surface area contributed by atoms with Crippen molar-refractivity contribution in [2.75, 3.05) is 18.9 Å². The summed E-state index contributed by atoms with van der Waals surface area (Å²) in [5.74, 6) is -2.14. The van der Waals surface area contributed by atoms with Crippen molar-refractivity contribution in [3.63, 3.8) is 0 Å². The lowest BCUT2D eigenvalue weighted by Gasteiger charge is -2.23.